The van der Waals surface area contributed by atoms with Gasteiger partial charge in [-0.15, -0.1) is 0 Å². The van der Waals surface area contributed by atoms with E-state index in [1.807, 2.05) is 6.07 Å². The Balaban J connectivity index is 1.62. The first kappa shape index (κ1) is 17.6. The molecule has 25 heavy (non-hydrogen) atoms. The number of hydrogen-bond donors (Lipinski definition) is 2. The summed E-state index contributed by atoms with van der Waals surface area (Å²) in [6.45, 7) is 4.27. The van der Waals surface area contributed by atoms with E-state index in [9.17, 15) is 4.79 Å². The summed E-state index contributed by atoms with van der Waals surface area (Å²) in [4.78, 5) is 24.4. The molecule has 1 aromatic carbocycles. The molecular weight excluding hydrogens is 314 g/mol. The van der Waals surface area contributed by atoms with Crippen molar-refractivity contribution in [2.24, 2.45) is 0 Å². The minimum atomic E-state index is -0.0159. The van der Waals surface area contributed by atoms with Crippen LogP contribution in [-0.2, 0) is 19.5 Å². The number of anilines is 1. The van der Waals surface area contributed by atoms with Crippen molar-refractivity contribution in [3.05, 3.63) is 57.5 Å². The van der Waals surface area contributed by atoms with Crippen LogP contribution < -0.4 is 10.9 Å². The third-order valence-electron chi connectivity index (χ3n) is 4.47. The van der Waals surface area contributed by atoms with E-state index < -0.39 is 0 Å². The number of aromatic nitrogens is 2. The molecule has 0 amide bonds. The van der Waals surface area contributed by atoms with Crippen LogP contribution >= 0.6 is 0 Å². The normalized spacial score (nSPS) is 14.5. The molecule has 2 heterocycles. The summed E-state index contributed by atoms with van der Waals surface area (Å²) in [6, 6.07) is 10.4. The quantitative estimate of drug-likeness (QED) is 0.751. The third-order valence-corrected chi connectivity index (χ3v) is 4.47. The number of nitrogens with one attached hydrogen (secondary N) is 2. The van der Waals surface area contributed by atoms with Gasteiger partial charge in [-0.1, -0.05) is 30.3 Å². The van der Waals surface area contributed by atoms with E-state index in [-0.39, 0.29) is 5.56 Å². The summed E-state index contributed by atoms with van der Waals surface area (Å²) in [5.41, 5.74) is 3.00. The van der Waals surface area contributed by atoms with Gasteiger partial charge in [0, 0.05) is 32.6 Å². The smallest absolute Gasteiger partial charge is 0.257 e. The molecule has 0 bridgehead atoms. The summed E-state index contributed by atoms with van der Waals surface area (Å²) in [6.07, 6.45) is 1.83. The van der Waals surface area contributed by atoms with Crippen molar-refractivity contribution >= 4 is 5.95 Å². The molecule has 1 aliphatic heterocycles. The van der Waals surface area contributed by atoms with Crippen molar-refractivity contribution in [3.63, 3.8) is 0 Å². The SMILES string of the molecule is CN(C)CCCNc1nc2c(c(=O)[nH]1)CN(Cc1ccccc1)CC2. The number of H-pyrrole nitrogens is 1. The average molecular weight is 341 g/mol. The Morgan fingerprint density at radius 1 is 1.28 bits per heavy atom. The van der Waals surface area contributed by atoms with Crippen LogP contribution in [0, 0.1) is 0 Å². The van der Waals surface area contributed by atoms with Crippen molar-refractivity contribution in [1.29, 1.82) is 0 Å². The number of benzene rings is 1. The second-order valence-electron chi connectivity index (χ2n) is 6.87. The van der Waals surface area contributed by atoms with Gasteiger partial charge < -0.3 is 10.2 Å². The molecule has 0 unspecified atom stereocenters. The Labute approximate surface area is 148 Å². The standard InChI is InChI=1S/C19H27N5O/c1-23(2)11-6-10-20-19-21-17-9-12-24(14-16(17)18(25)22-19)13-15-7-4-3-5-8-15/h3-5,7-8H,6,9-14H2,1-2H3,(H2,20,21,22,25). The highest BCUT2D eigenvalue weighted by molar-refractivity contribution is 5.31. The zero-order valence-corrected chi connectivity index (χ0v) is 15.1. The van der Waals surface area contributed by atoms with Crippen LogP contribution in [0.15, 0.2) is 35.1 Å². The first-order valence-electron chi connectivity index (χ1n) is 8.89. The fourth-order valence-electron chi connectivity index (χ4n) is 3.14. The molecule has 0 spiro atoms. The summed E-state index contributed by atoms with van der Waals surface area (Å²) in [5.74, 6) is 0.596. The van der Waals surface area contributed by atoms with Crippen molar-refractivity contribution in [2.45, 2.75) is 25.9 Å². The van der Waals surface area contributed by atoms with Crippen LogP contribution in [0.25, 0.3) is 0 Å². The van der Waals surface area contributed by atoms with Gasteiger partial charge in [0.05, 0.1) is 11.3 Å². The van der Waals surface area contributed by atoms with Crippen molar-refractivity contribution in [3.8, 4) is 0 Å². The lowest BCUT2D eigenvalue weighted by Crippen LogP contribution is -2.35. The molecule has 0 saturated carbocycles. The van der Waals surface area contributed by atoms with E-state index >= 15 is 0 Å². The van der Waals surface area contributed by atoms with Crippen molar-refractivity contribution < 1.29 is 0 Å². The minimum absolute atomic E-state index is 0.0159. The molecular formula is C19H27N5O. The van der Waals surface area contributed by atoms with Crippen molar-refractivity contribution in [2.75, 3.05) is 39.0 Å². The van der Waals surface area contributed by atoms with Gasteiger partial charge in [0.15, 0.2) is 0 Å². The van der Waals surface area contributed by atoms with Crippen molar-refractivity contribution in [1.82, 2.24) is 19.8 Å². The lowest BCUT2D eigenvalue weighted by molar-refractivity contribution is 0.242. The predicted molar refractivity (Wildman–Crippen MR) is 101 cm³/mol. The molecule has 2 N–H and O–H groups in total. The molecule has 134 valence electrons. The number of hydrogen-bond acceptors (Lipinski definition) is 5. The van der Waals surface area contributed by atoms with Gasteiger partial charge >= 0.3 is 0 Å². The highest BCUT2D eigenvalue weighted by Crippen LogP contribution is 2.17. The van der Waals surface area contributed by atoms with Crippen LogP contribution in [0.4, 0.5) is 5.95 Å². The zero-order chi connectivity index (χ0) is 17.6. The molecule has 0 fully saturated rings. The topological polar surface area (TPSA) is 64.3 Å². The Morgan fingerprint density at radius 2 is 2.08 bits per heavy atom. The lowest BCUT2D eigenvalue weighted by Gasteiger charge is -2.27. The highest BCUT2D eigenvalue weighted by Gasteiger charge is 2.21. The largest absolute Gasteiger partial charge is 0.356 e. The molecule has 2 aromatic rings. The van der Waals surface area contributed by atoms with E-state index in [0.29, 0.717) is 12.5 Å². The van der Waals surface area contributed by atoms with Crippen LogP contribution in [0.1, 0.15) is 23.2 Å². The Bertz CT molecular complexity index is 741. The predicted octanol–water partition coefficient (Wildman–Crippen LogP) is 1.69. The Kier molecular flexibility index (Phi) is 5.83. The third kappa shape index (κ3) is 4.90. The summed E-state index contributed by atoms with van der Waals surface area (Å²) >= 11 is 0. The molecule has 1 aliphatic rings. The second-order valence-corrected chi connectivity index (χ2v) is 6.87. The van der Waals surface area contributed by atoms with E-state index in [1.165, 1.54) is 5.56 Å². The maximum absolute atomic E-state index is 12.5. The van der Waals surface area contributed by atoms with Crippen LogP contribution in [-0.4, -0.2) is 53.5 Å². The van der Waals surface area contributed by atoms with Gasteiger partial charge in [-0.3, -0.25) is 14.7 Å². The summed E-state index contributed by atoms with van der Waals surface area (Å²) in [7, 11) is 4.11. The van der Waals surface area contributed by atoms with Gasteiger partial charge in [-0.05, 0) is 32.6 Å². The maximum Gasteiger partial charge on any atom is 0.257 e. The molecule has 0 aliphatic carbocycles. The minimum Gasteiger partial charge on any atom is -0.356 e. The summed E-state index contributed by atoms with van der Waals surface area (Å²) in [5, 5.41) is 3.24. The monoisotopic (exact) mass is 341 g/mol. The molecule has 6 nitrogen and oxygen atoms in total. The Hall–Kier alpha value is -2.18. The van der Waals surface area contributed by atoms with Crippen LogP contribution in [0.2, 0.25) is 0 Å². The molecule has 1 aromatic heterocycles. The zero-order valence-electron chi connectivity index (χ0n) is 15.1. The number of nitrogens with zero attached hydrogens (tertiary/aromatic N) is 3. The molecule has 3 rings (SSSR count). The number of rotatable bonds is 7. The fourth-order valence-corrected chi connectivity index (χ4v) is 3.14. The molecule has 0 saturated heterocycles. The maximum atomic E-state index is 12.5. The lowest BCUT2D eigenvalue weighted by atomic mass is 10.1. The first-order valence-corrected chi connectivity index (χ1v) is 8.89. The molecule has 0 radical (unpaired) electrons. The highest BCUT2D eigenvalue weighted by atomic mass is 16.1. The second kappa shape index (κ2) is 8.27. The first-order chi connectivity index (χ1) is 12.1. The Morgan fingerprint density at radius 3 is 2.84 bits per heavy atom. The fraction of sp³-hybridized carbons (Fsp3) is 0.474. The van der Waals surface area contributed by atoms with E-state index in [2.05, 4.69) is 63.4 Å². The van der Waals surface area contributed by atoms with Gasteiger partial charge in [0.1, 0.15) is 0 Å². The van der Waals surface area contributed by atoms with E-state index in [0.717, 1.165) is 50.3 Å². The van der Waals surface area contributed by atoms with Gasteiger partial charge in [0.25, 0.3) is 5.56 Å². The summed E-state index contributed by atoms with van der Waals surface area (Å²) < 4.78 is 0. The van der Waals surface area contributed by atoms with E-state index in [4.69, 9.17) is 0 Å². The number of fused-ring (bicyclic) bond motifs is 1. The van der Waals surface area contributed by atoms with Gasteiger partial charge in [-0.2, -0.15) is 0 Å². The van der Waals surface area contributed by atoms with E-state index in [1.54, 1.807) is 0 Å². The van der Waals surface area contributed by atoms with Crippen LogP contribution in [0.5, 0.6) is 0 Å². The molecule has 0 atom stereocenters. The van der Waals surface area contributed by atoms with Crippen LogP contribution in [0.3, 0.4) is 0 Å². The number of aromatic amines is 1. The average Bonchev–Trinajstić information content (AvgIpc) is 2.60. The molecule has 6 heteroatoms. The van der Waals surface area contributed by atoms with Gasteiger partial charge in [0.2, 0.25) is 5.95 Å². The van der Waals surface area contributed by atoms with Gasteiger partial charge in [-0.25, -0.2) is 4.98 Å².